The van der Waals surface area contributed by atoms with Gasteiger partial charge in [-0.25, -0.2) is 4.98 Å². The average Bonchev–Trinajstić information content (AvgIpc) is 3.07. The molecule has 1 aromatic carbocycles. The third-order valence-electron chi connectivity index (χ3n) is 4.50. The third kappa shape index (κ3) is 1.52. The van der Waals surface area contributed by atoms with Crippen LogP contribution in [0.2, 0.25) is 0 Å². The molecule has 2 saturated carbocycles. The lowest BCUT2D eigenvalue weighted by molar-refractivity contribution is -0.147. The number of aliphatic carboxylic acids is 1. The largest absolute Gasteiger partial charge is 0.481 e. The number of nitrogens with zero attached hydrogens (tertiary/aromatic N) is 1. The maximum atomic E-state index is 11.5. The molecule has 4 nitrogen and oxygen atoms in total. The summed E-state index contributed by atoms with van der Waals surface area (Å²) in [6, 6.07) is 5.65. The number of hydrogen-bond donors (Lipinski definition) is 1. The Bertz CT molecular complexity index is 665. The SMILES string of the molecule is O=C(O)C1(c2ccc3oc(C4CC4)nc3c2)CCC1. The van der Waals surface area contributed by atoms with Gasteiger partial charge in [0, 0.05) is 5.92 Å². The highest BCUT2D eigenvalue weighted by atomic mass is 16.4. The molecule has 0 aliphatic heterocycles. The minimum absolute atomic E-state index is 0.480. The Labute approximate surface area is 110 Å². The van der Waals surface area contributed by atoms with Gasteiger partial charge in [0.25, 0.3) is 0 Å². The van der Waals surface area contributed by atoms with Gasteiger partial charge in [-0.15, -0.1) is 0 Å². The van der Waals surface area contributed by atoms with Crippen molar-refractivity contribution >= 4 is 17.1 Å². The van der Waals surface area contributed by atoms with E-state index in [9.17, 15) is 9.90 Å². The molecule has 0 atom stereocenters. The Morgan fingerprint density at radius 1 is 1.37 bits per heavy atom. The fraction of sp³-hybridized carbons (Fsp3) is 0.467. The van der Waals surface area contributed by atoms with Gasteiger partial charge in [-0.3, -0.25) is 4.79 Å². The molecule has 1 aromatic heterocycles. The molecule has 1 heterocycles. The summed E-state index contributed by atoms with van der Waals surface area (Å²) in [6.07, 6.45) is 4.73. The van der Waals surface area contributed by atoms with Crippen LogP contribution in [0, 0.1) is 0 Å². The molecular formula is C15H15NO3. The first kappa shape index (κ1) is 11.0. The molecule has 0 saturated heterocycles. The predicted molar refractivity (Wildman–Crippen MR) is 69.1 cm³/mol. The number of hydrogen-bond acceptors (Lipinski definition) is 3. The number of benzene rings is 1. The standard InChI is InChI=1S/C15H15NO3/c17-14(18)15(6-1-7-15)10-4-5-12-11(8-10)16-13(19-12)9-2-3-9/h4-5,8-9H,1-3,6-7H2,(H,17,18). The number of rotatable bonds is 3. The van der Waals surface area contributed by atoms with Crippen molar-refractivity contribution in [3.8, 4) is 0 Å². The normalized spacial score (nSPS) is 21.3. The van der Waals surface area contributed by atoms with Crippen molar-refractivity contribution in [2.75, 3.05) is 0 Å². The Morgan fingerprint density at radius 3 is 2.74 bits per heavy atom. The molecule has 2 fully saturated rings. The van der Waals surface area contributed by atoms with Crippen molar-refractivity contribution in [2.45, 2.75) is 43.4 Å². The molecule has 1 N–H and O–H groups in total. The van der Waals surface area contributed by atoms with Crippen LogP contribution >= 0.6 is 0 Å². The van der Waals surface area contributed by atoms with E-state index in [0.29, 0.717) is 5.92 Å². The highest BCUT2D eigenvalue weighted by Gasteiger charge is 2.46. The van der Waals surface area contributed by atoms with E-state index in [1.807, 2.05) is 18.2 Å². The molecule has 4 rings (SSSR count). The van der Waals surface area contributed by atoms with Crippen LogP contribution in [0.5, 0.6) is 0 Å². The van der Waals surface area contributed by atoms with E-state index in [4.69, 9.17) is 4.42 Å². The monoisotopic (exact) mass is 257 g/mol. The second-order valence-electron chi connectivity index (χ2n) is 5.75. The van der Waals surface area contributed by atoms with Crippen LogP contribution in [0.4, 0.5) is 0 Å². The van der Waals surface area contributed by atoms with Gasteiger partial charge in [0.05, 0.1) is 5.41 Å². The van der Waals surface area contributed by atoms with Gasteiger partial charge in [0.15, 0.2) is 11.5 Å². The first-order valence-electron chi connectivity index (χ1n) is 6.83. The van der Waals surface area contributed by atoms with E-state index in [0.717, 1.165) is 54.7 Å². The summed E-state index contributed by atoms with van der Waals surface area (Å²) < 4.78 is 5.71. The van der Waals surface area contributed by atoms with Crippen LogP contribution in [0.25, 0.3) is 11.1 Å². The van der Waals surface area contributed by atoms with Crippen LogP contribution in [-0.4, -0.2) is 16.1 Å². The minimum atomic E-state index is -0.719. The predicted octanol–water partition coefficient (Wildman–Crippen LogP) is 3.21. The molecule has 4 heteroatoms. The van der Waals surface area contributed by atoms with Gasteiger partial charge >= 0.3 is 5.97 Å². The van der Waals surface area contributed by atoms with Crippen molar-refractivity contribution in [2.24, 2.45) is 0 Å². The van der Waals surface area contributed by atoms with Crippen molar-refractivity contribution in [3.63, 3.8) is 0 Å². The van der Waals surface area contributed by atoms with Gasteiger partial charge in [-0.05, 0) is 43.4 Å². The Kier molecular flexibility index (Phi) is 2.08. The number of carboxylic acids is 1. The third-order valence-corrected chi connectivity index (χ3v) is 4.50. The number of oxazole rings is 1. The second-order valence-corrected chi connectivity index (χ2v) is 5.75. The summed E-state index contributed by atoms with van der Waals surface area (Å²) >= 11 is 0. The molecule has 0 amide bonds. The minimum Gasteiger partial charge on any atom is -0.481 e. The number of carboxylic acid groups (broad SMARTS) is 1. The van der Waals surface area contributed by atoms with E-state index >= 15 is 0 Å². The molecule has 2 aliphatic rings. The first-order valence-corrected chi connectivity index (χ1v) is 6.83. The Morgan fingerprint density at radius 2 is 2.16 bits per heavy atom. The van der Waals surface area contributed by atoms with Gasteiger partial charge in [-0.1, -0.05) is 12.5 Å². The fourth-order valence-corrected chi connectivity index (χ4v) is 2.90. The summed E-state index contributed by atoms with van der Waals surface area (Å²) in [4.78, 5) is 16.0. The van der Waals surface area contributed by atoms with Crippen LogP contribution in [0.15, 0.2) is 22.6 Å². The van der Waals surface area contributed by atoms with Gasteiger partial charge in [0.2, 0.25) is 0 Å². The lowest BCUT2D eigenvalue weighted by Crippen LogP contribution is -2.42. The summed E-state index contributed by atoms with van der Waals surface area (Å²) in [6.45, 7) is 0. The summed E-state index contributed by atoms with van der Waals surface area (Å²) in [5.41, 5.74) is 1.75. The van der Waals surface area contributed by atoms with E-state index < -0.39 is 11.4 Å². The highest BCUT2D eigenvalue weighted by Crippen LogP contribution is 2.45. The van der Waals surface area contributed by atoms with Crippen molar-refractivity contribution in [1.82, 2.24) is 4.98 Å². The maximum Gasteiger partial charge on any atom is 0.314 e. The molecule has 2 aromatic rings. The van der Waals surface area contributed by atoms with E-state index in [1.54, 1.807) is 0 Å². The number of aromatic nitrogens is 1. The quantitative estimate of drug-likeness (QED) is 0.917. The topological polar surface area (TPSA) is 63.3 Å². The zero-order chi connectivity index (χ0) is 13.0. The molecule has 98 valence electrons. The average molecular weight is 257 g/mol. The summed E-state index contributed by atoms with van der Waals surface area (Å²) in [7, 11) is 0. The zero-order valence-electron chi connectivity index (χ0n) is 10.6. The maximum absolute atomic E-state index is 11.5. The Balaban J connectivity index is 1.80. The lowest BCUT2D eigenvalue weighted by atomic mass is 9.64. The molecule has 0 radical (unpaired) electrons. The second kappa shape index (κ2) is 3.59. The summed E-state index contributed by atoms with van der Waals surface area (Å²) in [5, 5.41) is 9.47. The zero-order valence-corrected chi connectivity index (χ0v) is 10.6. The smallest absolute Gasteiger partial charge is 0.314 e. The van der Waals surface area contributed by atoms with Crippen LogP contribution in [0.1, 0.15) is 49.5 Å². The number of fused-ring (bicyclic) bond motifs is 1. The van der Waals surface area contributed by atoms with Crippen molar-refractivity contribution < 1.29 is 14.3 Å². The van der Waals surface area contributed by atoms with Crippen LogP contribution < -0.4 is 0 Å². The molecular weight excluding hydrogens is 242 g/mol. The van der Waals surface area contributed by atoms with Crippen molar-refractivity contribution in [3.05, 3.63) is 29.7 Å². The van der Waals surface area contributed by atoms with Crippen LogP contribution in [-0.2, 0) is 10.2 Å². The highest BCUT2D eigenvalue weighted by molar-refractivity contribution is 5.85. The van der Waals surface area contributed by atoms with Gasteiger partial charge in [0.1, 0.15) is 5.52 Å². The van der Waals surface area contributed by atoms with Gasteiger partial charge < -0.3 is 9.52 Å². The molecule has 0 bridgehead atoms. The van der Waals surface area contributed by atoms with E-state index in [1.165, 1.54) is 0 Å². The molecule has 19 heavy (non-hydrogen) atoms. The molecule has 0 unspecified atom stereocenters. The first-order chi connectivity index (χ1) is 9.19. The number of carbonyl (C=O) groups is 1. The molecule has 2 aliphatic carbocycles. The van der Waals surface area contributed by atoms with Crippen LogP contribution in [0.3, 0.4) is 0 Å². The van der Waals surface area contributed by atoms with E-state index in [-0.39, 0.29) is 0 Å². The summed E-state index contributed by atoms with van der Waals surface area (Å²) in [5.74, 6) is 0.571. The van der Waals surface area contributed by atoms with Gasteiger partial charge in [-0.2, -0.15) is 0 Å². The Hall–Kier alpha value is -1.84. The van der Waals surface area contributed by atoms with E-state index in [2.05, 4.69) is 4.98 Å². The lowest BCUT2D eigenvalue weighted by Gasteiger charge is -2.38. The molecule has 0 spiro atoms. The van der Waals surface area contributed by atoms with Crippen molar-refractivity contribution in [1.29, 1.82) is 0 Å². The fourth-order valence-electron chi connectivity index (χ4n) is 2.90.